The van der Waals surface area contributed by atoms with Gasteiger partial charge in [-0.05, 0) is 17.7 Å². The Morgan fingerprint density at radius 2 is 2.14 bits per heavy atom. The normalized spacial score (nSPS) is 12.4. The Morgan fingerprint density at radius 3 is 2.64 bits per heavy atom. The van der Waals surface area contributed by atoms with E-state index in [0.717, 1.165) is 0 Å². The molecule has 5 heteroatoms. The van der Waals surface area contributed by atoms with Crippen molar-refractivity contribution in [1.82, 2.24) is 0 Å². The molecule has 0 heterocycles. The second kappa shape index (κ2) is 4.08. The number of nitrogens with two attached hydrogens (primary N) is 1. The van der Waals surface area contributed by atoms with Crippen LogP contribution in [0.4, 0.5) is 0 Å². The lowest BCUT2D eigenvalue weighted by atomic mass is 10.0. The maximum absolute atomic E-state index is 10.6. The highest BCUT2D eigenvalue weighted by molar-refractivity contribution is 5.90. The molecule has 0 aromatic heterocycles. The first kappa shape index (κ1) is 10.5. The lowest BCUT2D eigenvalue weighted by Gasteiger charge is -2.09. The Labute approximate surface area is 80.4 Å². The first-order valence-corrected chi connectivity index (χ1v) is 3.99. The van der Waals surface area contributed by atoms with Gasteiger partial charge in [-0.15, -0.1) is 0 Å². The number of carboxylic acids is 1. The summed E-state index contributed by atoms with van der Waals surface area (Å²) in [5, 5.41) is 26.6. The third-order valence-electron chi connectivity index (χ3n) is 1.88. The van der Waals surface area contributed by atoms with Crippen LogP contribution in [-0.4, -0.2) is 27.9 Å². The van der Waals surface area contributed by atoms with Crippen LogP contribution in [0.1, 0.15) is 22.0 Å². The van der Waals surface area contributed by atoms with Crippen molar-refractivity contribution in [2.24, 2.45) is 5.73 Å². The van der Waals surface area contributed by atoms with Crippen molar-refractivity contribution in [2.45, 2.75) is 6.04 Å². The molecule has 0 fully saturated rings. The first-order valence-electron chi connectivity index (χ1n) is 3.99. The molecule has 5 nitrogen and oxygen atoms in total. The number of hydrogen-bond donors (Lipinski definition) is 4. The number of aromatic hydroxyl groups is 1. The van der Waals surface area contributed by atoms with Gasteiger partial charge in [-0.25, -0.2) is 4.79 Å². The second-order valence-electron chi connectivity index (χ2n) is 2.87. The van der Waals surface area contributed by atoms with Crippen LogP contribution in [0, 0.1) is 0 Å². The summed E-state index contributed by atoms with van der Waals surface area (Å²) in [6, 6.07) is 3.34. The lowest BCUT2D eigenvalue weighted by molar-refractivity contribution is 0.0693. The van der Waals surface area contributed by atoms with Crippen molar-refractivity contribution in [3.05, 3.63) is 29.3 Å². The highest BCUT2D eigenvalue weighted by Gasteiger charge is 2.12. The van der Waals surface area contributed by atoms with Crippen molar-refractivity contribution in [1.29, 1.82) is 0 Å². The molecular formula is C9H11NO4. The fourth-order valence-corrected chi connectivity index (χ4v) is 1.06. The van der Waals surface area contributed by atoms with Gasteiger partial charge in [-0.2, -0.15) is 0 Å². The van der Waals surface area contributed by atoms with E-state index in [9.17, 15) is 9.90 Å². The van der Waals surface area contributed by atoms with E-state index in [1.807, 2.05) is 0 Å². The molecule has 1 aromatic carbocycles. The summed E-state index contributed by atoms with van der Waals surface area (Å²) in [5.74, 6) is -1.54. The number of aromatic carboxylic acids is 1. The van der Waals surface area contributed by atoms with Gasteiger partial charge in [-0.3, -0.25) is 0 Å². The van der Waals surface area contributed by atoms with Gasteiger partial charge in [0.25, 0.3) is 0 Å². The third kappa shape index (κ3) is 2.01. The van der Waals surface area contributed by atoms with Gasteiger partial charge in [0.1, 0.15) is 11.3 Å². The number of rotatable bonds is 3. The van der Waals surface area contributed by atoms with Crippen LogP contribution in [0.2, 0.25) is 0 Å². The summed E-state index contributed by atoms with van der Waals surface area (Å²) in [6.45, 7) is -0.274. The van der Waals surface area contributed by atoms with Crippen LogP contribution in [0.5, 0.6) is 5.75 Å². The fourth-order valence-electron chi connectivity index (χ4n) is 1.06. The number of carbonyl (C=O) groups is 1. The quantitative estimate of drug-likeness (QED) is 0.549. The highest BCUT2D eigenvalue weighted by atomic mass is 16.4. The molecule has 0 radical (unpaired) electrons. The average Bonchev–Trinajstić information content (AvgIpc) is 2.17. The molecule has 0 bridgehead atoms. The zero-order valence-electron chi connectivity index (χ0n) is 7.34. The molecule has 76 valence electrons. The molecule has 0 aliphatic rings. The third-order valence-corrected chi connectivity index (χ3v) is 1.88. The molecule has 0 aliphatic carbocycles. The molecule has 0 spiro atoms. The molecular weight excluding hydrogens is 186 g/mol. The van der Waals surface area contributed by atoms with E-state index in [0.29, 0.717) is 5.56 Å². The molecule has 0 amide bonds. The SMILES string of the molecule is N[C@H](CO)c1ccc(O)c(C(=O)O)c1. The highest BCUT2D eigenvalue weighted by Crippen LogP contribution is 2.21. The molecule has 0 saturated heterocycles. The van der Waals surface area contributed by atoms with E-state index in [1.165, 1.54) is 18.2 Å². The summed E-state index contributed by atoms with van der Waals surface area (Å²) in [7, 11) is 0. The van der Waals surface area contributed by atoms with Gasteiger partial charge in [0.05, 0.1) is 12.6 Å². The number of aliphatic hydroxyl groups is 1. The number of benzene rings is 1. The summed E-state index contributed by atoms with van der Waals surface area (Å²) < 4.78 is 0. The Morgan fingerprint density at radius 1 is 1.50 bits per heavy atom. The summed E-state index contributed by atoms with van der Waals surface area (Å²) in [4.78, 5) is 10.6. The average molecular weight is 197 g/mol. The second-order valence-corrected chi connectivity index (χ2v) is 2.87. The molecule has 0 aliphatic heterocycles. The minimum absolute atomic E-state index is 0.216. The lowest BCUT2D eigenvalue weighted by Crippen LogP contribution is -2.15. The van der Waals surface area contributed by atoms with Gasteiger partial charge in [-0.1, -0.05) is 6.07 Å². The Hall–Kier alpha value is -1.59. The van der Waals surface area contributed by atoms with E-state index in [4.69, 9.17) is 15.9 Å². The summed E-state index contributed by atoms with van der Waals surface area (Å²) >= 11 is 0. The number of hydrogen-bond acceptors (Lipinski definition) is 4. The van der Waals surface area contributed by atoms with Crippen molar-refractivity contribution >= 4 is 5.97 Å². The van der Waals surface area contributed by atoms with Crippen molar-refractivity contribution in [2.75, 3.05) is 6.61 Å². The van der Waals surface area contributed by atoms with E-state index >= 15 is 0 Å². The van der Waals surface area contributed by atoms with Gasteiger partial charge >= 0.3 is 5.97 Å². The van der Waals surface area contributed by atoms with Gasteiger partial charge in [0.15, 0.2) is 0 Å². The molecule has 1 aromatic rings. The van der Waals surface area contributed by atoms with E-state index in [2.05, 4.69) is 0 Å². The standard InChI is InChI=1S/C9H11NO4/c10-7(4-11)5-1-2-8(12)6(3-5)9(13)14/h1-3,7,11-12H,4,10H2,(H,13,14)/t7-/m1/s1. The predicted octanol–water partition coefficient (Wildman–Crippen LogP) is 0.0825. The minimum Gasteiger partial charge on any atom is -0.507 e. The Balaban J connectivity index is 3.12. The van der Waals surface area contributed by atoms with Crippen molar-refractivity contribution < 1.29 is 20.1 Å². The molecule has 0 unspecified atom stereocenters. The Kier molecular flexibility index (Phi) is 3.06. The smallest absolute Gasteiger partial charge is 0.339 e. The van der Waals surface area contributed by atoms with Crippen LogP contribution in [0.25, 0.3) is 0 Å². The van der Waals surface area contributed by atoms with Crippen molar-refractivity contribution in [3.63, 3.8) is 0 Å². The molecule has 1 atom stereocenters. The van der Waals surface area contributed by atoms with Gasteiger partial charge in [0, 0.05) is 0 Å². The predicted molar refractivity (Wildman–Crippen MR) is 49.1 cm³/mol. The van der Waals surface area contributed by atoms with Crippen LogP contribution < -0.4 is 5.73 Å². The zero-order chi connectivity index (χ0) is 10.7. The van der Waals surface area contributed by atoms with Crippen LogP contribution in [0.3, 0.4) is 0 Å². The first-order chi connectivity index (χ1) is 6.56. The molecule has 14 heavy (non-hydrogen) atoms. The summed E-state index contributed by atoms with van der Waals surface area (Å²) in [6.07, 6.45) is 0. The minimum atomic E-state index is -1.23. The topological polar surface area (TPSA) is 104 Å². The fraction of sp³-hybridized carbons (Fsp3) is 0.222. The largest absolute Gasteiger partial charge is 0.507 e. The summed E-state index contributed by atoms with van der Waals surface area (Å²) in [5.41, 5.74) is 5.75. The van der Waals surface area contributed by atoms with Crippen LogP contribution >= 0.6 is 0 Å². The molecule has 1 rings (SSSR count). The Bertz CT molecular complexity index is 351. The van der Waals surface area contributed by atoms with Crippen LogP contribution in [-0.2, 0) is 0 Å². The molecule has 0 saturated carbocycles. The maximum atomic E-state index is 10.6. The van der Waals surface area contributed by atoms with Crippen LogP contribution in [0.15, 0.2) is 18.2 Å². The zero-order valence-corrected chi connectivity index (χ0v) is 7.34. The van der Waals surface area contributed by atoms with E-state index in [1.54, 1.807) is 0 Å². The maximum Gasteiger partial charge on any atom is 0.339 e. The number of aliphatic hydroxyl groups excluding tert-OH is 1. The van der Waals surface area contributed by atoms with E-state index in [-0.39, 0.29) is 17.9 Å². The number of carboxylic acid groups (broad SMARTS) is 1. The monoisotopic (exact) mass is 197 g/mol. The molecule has 5 N–H and O–H groups in total. The van der Waals surface area contributed by atoms with Gasteiger partial charge in [0.2, 0.25) is 0 Å². The number of phenols is 1. The van der Waals surface area contributed by atoms with Gasteiger partial charge < -0.3 is 21.1 Å². The van der Waals surface area contributed by atoms with E-state index < -0.39 is 12.0 Å². The van der Waals surface area contributed by atoms with Crippen molar-refractivity contribution in [3.8, 4) is 5.75 Å².